The second kappa shape index (κ2) is 9.88. The first-order valence-electron chi connectivity index (χ1n) is 12.2. The summed E-state index contributed by atoms with van der Waals surface area (Å²) in [6.07, 6.45) is 1.14. The van der Waals surface area contributed by atoms with Crippen molar-refractivity contribution in [1.82, 2.24) is 14.9 Å². The van der Waals surface area contributed by atoms with Gasteiger partial charge in [-0.1, -0.05) is 24.3 Å². The summed E-state index contributed by atoms with van der Waals surface area (Å²) in [6, 6.07) is 13.2. The fraction of sp³-hybridized carbons (Fsp3) is 0.321. The normalized spacial score (nSPS) is 18.2. The standard InChI is InChI=1S/C28H26F3N3O3/c29-28(30,31)21-13-20-10-12-34(16-24-22-4-2-1-3-18(22)9-11-32-24)25(20)23(14-21)26(35)33-15-17-5-7-19(8-6-17)27(36)37/h1-4,9-14,17,19H,5-8,15-16H2,(H,33,35)(H,36,37). The fourth-order valence-electron chi connectivity index (χ4n) is 5.23. The summed E-state index contributed by atoms with van der Waals surface area (Å²) >= 11 is 0. The number of amides is 1. The van der Waals surface area contributed by atoms with Crippen LogP contribution in [0.1, 0.15) is 47.3 Å². The Labute approximate surface area is 211 Å². The van der Waals surface area contributed by atoms with Crippen LogP contribution in [0.2, 0.25) is 0 Å². The van der Waals surface area contributed by atoms with Crippen molar-refractivity contribution in [2.24, 2.45) is 11.8 Å². The van der Waals surface area contributed by atoms with Crippen molar-refractivity contribution in [2.75, 3.05) is 6.54 Å². The van der Waals surface area contributed by atoms with Crippen molar-refractivity contribution < 1.29 is 27.9 Å². The van der Waals surface area contributed by atoms with Gasteiger partial charge in [0.25, 0.3) is 5.91 Å². The molecule has 0 unspecified atom stereocenters. The van der Waals surface area contributed by atoms with Gasteiger partial charge in [0.05, 0.1) is 34.8 Å². The second-order valence-electron chi connectivity index (χ2n) is 9.65. The summed E-state index contributed by atoms with van der Waals surface area (Å²) in [5, 5.41) is 14.2. The van der Waals surface area contributed by atoms with Gasteiger partial charge in [0.2, 0.25) is 0 Å². The zero-order chi connectivity index (χ0) is 26.2. The third-order valence-corrected chi connectivity index (χ3v) is 7.26. The maximum Gasteiger partial charge on any atom is 0.416 e. The Balaban J connectivity index is 1.46. The van der Waals surface area contributed by atoms with E-state index in [2.05, 4.69) is 10.3 Å². The van der Waals surface area contributed by atoms with E-state index < -0.39 is 23.6 Å². The zero-order valence-electron chi connectivity index (χ0n) is 20.0. The first kappa shape index (κ1) is 24.8. The van der Waals surface area contributed by atoms with E-state index in [1.165, 1.54) is 0 Å². The Kier molecular flexibility index (Phi) is 6.62. The van der Waals surface area contributed by atoms with Crippen molar-refractivity contribution in [3.05, 3.63) is 77.7 Å². The lowest BCUT2D eigenvalue weighted by Gasteiger charge is -2.26. The lowest BCUT2D eigenvalue weighted by Crippen LogP contribution is -2.32. The fourth-order valence-corrected chi connectivity index (χ4v) is 5.23. The van der Waals surface area contributed by atoms with Crippen molar-refractivity contribution >= 4 is 33.6 Å². The Morgan fingerprint density at radius 1 is 1.03 bits per heavy atom. The number of halogens is 3. The van der Waals surface area contributed by atoms with Crippen LogP contribution in [-0.2, 0) is 17.5 Å². The summed E-state index contributed by atoms with van der Waals surface area (Å²) in [5.41, 5.74) is 0.231. The SMILES string of the molecule is O=C(NCC1CCC(C(=O)O)CC1)c1cc(C(F)(F)F)cc2ccn(Cc3nccc4ccccc34)c12. The van der Waals surface area contributed by atoms with Crippen LogP contribution in [0.4, 0.5) is 13.2 Å². The Morgan fingerprint density at radius 3 is 2.51 bits per heavy atom. The molecule has 1 amide bonds. The number of benzene rings is 2. The molecular formula is C28H26F3N3O3. The van der Waals surface area contributed by atoms with E-state index in [9.17, 15) is 27.9 Å². The Bertz CT molecular complexity index is 1460. The van der Waals surface area contributed by atoms with E-state index >= 15 is 0 Å². The van der Waals surface area contributed by atoms with Crippen LogP contribution < -0.4 is 5.32 Å². The highest BCUT2D eigenvalue weighted by Gasteiger charge is 2.33. The molecule has 1 aliphatic rings. The van der Waals surface area contributed by atoms with Gasteiger partial charge in [-0.3, -0.25) is 14.6 Å². The largest absolute Gasteiger partial charge is 0.481 e. The number of nitrogens with one attached hydrogen (secondary N) is 1. The van der Waals surface area contributed by atoms with Crippen LogP contribution in [0.3, 0.4) is 0 Å². The molecule has 0 spiro atoms. The number of alkyl halides is 3. The molecule has 2 N–H and O–H groups in total. The molecule has 4 aromatic rings. The van der Waals surface area contributed by atoms with Crippen molar-refractivity contribution in [3.8, 4) is 0 Å². The number of nitrogens with zero attached hydrogens (tertiary/aromatic N) is 2. The molecule has 1 aliphatic carbocycles. The third-order valence-electron chi connectivity index (χ3n) is 7.26. The van der Waals surface area contributed by atoms with Gasteiger partial charge in [0.1, 0.15) is 0 Å². The predicted molar refractivity (Wildman–Crippen MR) is 133 cm³/mol. The van der Waals surface area contributed by atoms with Gasteiger partial charge in [0, 0.05) is 29.7 Å². The highest BCUT2D eigenvalue weighted by molar-refractivity contribution is 6.06. The van der Waals surface area contributed by atoms with Crippen LogP contribution >= 0.6 is 0 Å². The second-order valence-corrected chi connectivity index (χ2v) is 9.65. The summed E-state index contributed by atoms with van der Waals surface area (Å²) < 4.78 is 42.8. The lowest BCUT2D eigenvalue weighted by atomic mass is 9.82. The highest BCUT2D eigenvalue weighted by atomic mass is 19.4. The van der Waals surface area contributed by atoms with Crippen LogP contribution in [0.15, 0.2) is 60.9 Å². The van der Waals surface area contributed by atoms with Gasteiger partial charge in [0.15, 0.2) is 0 Å². The molecule has 1 fully saturated rings. The maximum atomic E-state index is 13.7. The predicted octanol–water partition coefficient (Wildman–Crippen LogP) is 5.88. The van der Waals surface area contributed by atoms with Gasteiger partial charge >= 0.3 is 12.1 Å². The topological polar surface area (TPSA) is 84.2 Å². The van der Waals surface area contributed by atoms with E-state index in [1.807, 2.05) is 30.3 Å². The number of aromatic nitrogens is 2. The minimum absolute atomic E-state index is 0.0470. The molecule has 0 saturated heterocycles. The number of rotatable bonds is 6. The molecule has 2 aromatic carbocycles. The molecule has 0 bridgehead atoms. The van der Waals surface area contributed by atoms with Crippen LogP contribution in [0, 0.1) is 11.8 Å². The summed E-state index contributed by atoms with van der Waals surface area (Å²) in [6.45, 7) is 0.574. The summed E-state index contributed by atoms with van der Waals surface area (Å²) in [7, 11) is 0. The third kappa shape index (κ3) is 5.16. The van der Waals surface area contributed by atoms with E-state index in [-0.39, 0.29) is 30.5 Å². The minimum atomic E-state index is -4.60. The molecule has 192 valence electrons. The molecule has 0 atom stereocenters. The van der Waals surface area contributed by atoms with E-state index in [0.29, 0.717) is 36.6 Å². The van der Waals surface area contributed by atoms with Crippen LogP contribution in [-0.4, -0.2) is 33.1 Å². The molecular weight excluding hydrogens is 483 g/mol. The first-order valence-corrected chi connectivity index (χ1v) is 12.2. The number of fused-ring (bicyclic) bond motifs is 2. The number of hydrogen-bond acceptors (Lipinski definition) is 3. The number of carboxylic acids is 1. The smallest absolute Gasteiger partial charge is 0.416 e. The molecule has 5 rings (SSSR count). The number of pyridine rings is 1. The molecule has 0 radical (unpaired) electrons. The number of carbonyl (C=O) groups is 2. The zero-order valence-corrected chi connectivity index (χ0v) is 20.0. The minimum Gasteiger partial charge on any atom is -0.481 e. The molecule has 2 heterocycles. The van der Waals surface area contributed by atoms with Gasteiger partial charge in [-0.05, 0) is 61.3 Å². The number of carboxylic acid groups (broad SMARTS) is 1. The van der Waals surface area contributed by atoms with Gasteiger partial charge in [-0.25, -0.2) is 0 Å². The number of aliphatic carboxylic acids is 1. The van der Waals surface area contributed by atoms with E-state index in [1.54, 1.807) is 23.0 Å². The average molecular weight is 510 g/mol. The van der Waals surface area contributed by atoms with Gasteiger partial charge in [-0.2, -0.15) is 13.2 Å². The molecule has 2 aromatic heterocycles. The van der Waals surface area contributed by atoms with Crippen LogP contribution in [0.5, 0.6) is 0 Å². The number of carbonyl (C=O) groups excluding carboxylic acids is 1. The van der Waals surface area contributed by atoms with Gasteiger partial charge < -0.3 is 15.0 Å². The van der Waals surface area contributed by atoms with Crippen LogP contribution in [0.25, 0.3) is 21.7 Å². The lowest BCUT2D eigenvalue weighted by molar-refractivity contribution is -0.143. The van der Waals surface area contributed by atoms with E-state index in [4.69, 9.17) is 0 Å². The molecule has 1 saturated carbocycles. The quantitative estimate of drug-likeness (QED) is 0.340. The molecule has 37 heavy (non-hydrogen) atoms. The number of hydrogen-bond donors (Lipinski definition) is 2. The van der Waals surface area contributed by atoms with Crippen molar-refractivity contribution in [3.63, 3.8) is 0 Å². The Hall–Kier alpha value is -3.88. The molecule has 6 nitrogen and oxygen atoms in total. The first-order chi connectivity index (χ1) is 17.7. The van der Waals surface area contributed by atoms with E-state index in [0.717, 1.165) is 28.6 Å². The maximum absolute atomic E-state index is 13.7. The molecule has 9 heteroatoms. The molecule has 0 aliphatic heterocycles. The van der Waals surface area contributed by atoms with Crippen molar-refractivity contribution in [1.29, 1.82) is 0 Å². The highest BCUT2D eigenvalue weighted by Crippen LogP contribution is 2.34. The summed E-state index contributed by atoms with van der Waals surface area (Å²) in [4.78, 5) is 29.0. The Morgan fingerprint density at radius 2 is 1.78 bits per heavy atom. The van der Waals surface area contributed by atoms with Crippen molar-refractivity contribution in [2.45, 2.75) is 38.4 Å². The average Bonchev–Trinajstić information content (AvgIpc) is 3.29. The van der Waals surface area contributed by atoms with Gasteiger partial charge in [-0.15, -0.1) is 0 Å². The monoisotopic (exact) mass is 509 g/mol. The summed E-state index contributed by atoms with van der Waals surface area (Å²) in [5.74, 6) is -1.67.